The first kappa shape index (κ1) is 13.2. The van der Waals surface area contributed by atoms with Crippen LogP contribution < -0.4 is 5.32 Å². The predicted octanol–water partition coefficient (Wildman–Crippen LogP) is 3.88. The quantitative estimate of drug-likeness (QED) is 0.897. The van der Waals surface area contributed by atoms with Crippen molar-refractivity contribution in [1.82, 2.24) is 5.32 Å². The maximum atomic E-state index is 13.1. The van der Waals surface area contributed by atoms with Crippen LogP contribution in [0.25, 0.3) is 0 Å². The Morgan fingerprint density at radius 1 is 1.00 bits per heavy atom. The minimum atomic E-state index is -0.838. The standard InChI is InChI=1S/C16H14F3N/c17-12-3-4-13-11(8-12)2-6-16(13)20-9-10-1-5-14(18)15(19)7-10/h1,3-5,7-8,16,20H,2,6,9H2. The lowest BCUT2D eigenvalue weighted by Crippen LogP contribution is -2.18. The van der Waals surface area contributed by atoms with Crippen LogP contribution in [-0.2, 0) is 13.0 Å². The van der Waals surface area contributed by atoms with Gasteiger partial charge in [-0.2, -0.15) is 0 Å². The molecule has 0 aliphatic heterocycles. The Hall–Kier alpha value is -1.81. The van der Waals surface area contributed by atoms with Gasteiger partial charge >= 0.3 is 0 Å². The van der Waals surface area contributed by atoms with Gasteiger partial charge in [-0.15, -0.1) is 0 Å². The zero-order chi connectivity index (χ0) is 14.1. The SMILES string of the molecule is Fc1ccc2c(c1)CCC2NCc1ccc(F)c(F)c1. The molecular formula is C16H14F3N. The summed E-state index contributed by atoms with van der Waals surface area (Å²) in [6, 6.07) is 8.84. The van der Waals surface area contributed by atoms with E-state index in [1.807, 2.05) is 0 Å². The molecular weight excluding hydrogens is 263 g/mol. The molecule has 1 atom stereocenters. The molecule has 2 aromatic carbocycles. The second-order valence-corrected chi connectivity index (χ2v) is 5.06. The van der Waals surface area contributed by atoms with E-state index in [1.54, 1.807) is 18.2 Å². The Morgan fingerprint density at radius 3 is 2.65 bits per heavy atom. The maximum absolute atomic E-state index is 13.1. The Kier molecular flexibility index (Phi) is 3.49. The first-order chi connectivity index (χ1) is 9.63. The lowest BCUT2D eigenvalue weighted by Gasteiger charge is -2.14. The number of hydrogen-bond acceptors (Lipinski definition) is 1. The van der Waals surface area contributed by atoms with Crippen molar-refractivity contribution in [2.45, 2.75) is 25.4 Å². The molecule has 3 rings (SSSR count). The van der Waals surface area contributed by atoms with Crippen LogP contribution in [-0.4, -0.2) is 0 Å². The molecule has 0 bridgehead atoms. The van der Waals surface area contributed by atoms with E-state index in [0.29, 0.717) is 12.1 Å². The van der Waals surface area contributed by atoms with Crippen LogP contribution in [0.3, 0.4) is 0 Å². The number of nitrogens with one attached hydrogen (secondary N) is 1. The van der Waals surface area contributed by atoms with Crippen molar-refractivity contribution in [3.05, 3.63) is 70.5 Å². The molecule has 0 radical (unpaired) electrons. The van der Waals surface area contributed by atoms with Gasteiger partial charge in [-0.25, -0.2) is 13.2 Å². The molecule has 1 nitrogen and oxygen atoms in total. The van der Waals surface area contributed by atoms with Gasteiger partial charge in [-0.3, -0.25) is 0 Å². The summed E-state index contributed by atoms with van der Waals surface area (Å²) in [6.07, 6.45) is 1.73. The van der Waals surface area contributed by atoms with Crippen molar-refractivity contribution in [3.8, 4) is 0 Å². The van der Waals surface area contributed by atoms with Crippen molar-refractivity contribution in [2.24, 2.45) is 0 Å². The fourth-order valence-corrected chi connectivity index (χ4v) is 2.69. The first-order valence-corrected chi connectivity index (χ1v) is 6.59. The van der Waals surface area contributed by atoms with Gasteiger partial charge in [0.2, 0.25) is 0 Å². The molecule has 1 aliphatic rings. The van der Waals surface area contributed by atoms with E-state index in [4.69, 9.17) is 0 Å². The van der Waals surface area contributed by atoms with E-state index >= 15 is 0 Å². The van der Waals surface area contributed by atoms with Crippen molar-refractivity contribution >= 4 is 0 Å². The van der Waals surface area contributed by atoms with Crippen LogP contribution in [0, 0.1) is 17.5 Å². The molecule has 0 saturated carbocycles. The van der Waals surface area contributed by atoms with Crippen LogP contribution in [0.15, 0.2) is 36.4 Å². The fraction of sp³-hybridized carbons (Fsp3) is 0.250. The highest BCUT2D eigenvalue weighted by molar-refractivity contribution is 5.35. The van der Waals surface area contributed by atoms with Gasteiger partial charge in [0.05, 0.1) is 0 Å². The Bertz CT molecular complexity index is 640. The third-order valence-corrected chi connectivity index (χ3v) is 3.72. The van der Waals surface area contributed by atoms with E-state index in [1.165, 1.54) is 12.1 Å². The monoisotopic (exact) mass is 277 g/mol. The van der Waals surface area contributed by atoms with Gasteiger partial charge in [-0.05, 0) is 53.8 Å². The van der Waals surface area contributed by atoms with E-state index in [9.17, 15) is 13.2 Å². The number of halogens is 3. The average Bonchev–Trinajstić information content (AvgIpc) is 2.82. The summed E-state index contributed by atoms with van der Waals surface area (Å²) in [7, 11) is 0. The number of rotatable bonds is 3. The van der Waals surface area contributed by atoms with Gasteiger partial charge in [0.15, 0.2) is 11.6 Å². The highest BCUT2D eigenvalue weighted by atomic mass is 19.2. The van der Waals surface area contributed by atoms with Crippen LogP contribution in [0.4, 0.5) is 13.2 Å². The summed E-state index contributed by atoms with van der Waals surface area (Å²) in [5.74, 6) is -1.89. The van der Waals surface area contributed by atoms with Crippen molar-refractivity contribution in [3.63, 3.8) is 0 Å². The molecule has 1 N–H and O–H groups in total. The number of fused-ring (bicyclic) bond motifs is 1. The van der Waals surface area contributed by atoms with E-state index < -0.39 is 11.6 Å². The largest absolute Gasteiger partial charge is 0.306 e. The third-order valence-electron chi connectivity index (χ3n) is 3.72. The van der Waals surface area contributed by atoms with Crippen LogP contribution >= 0.6 is 0 Å². The normalized spacial score (nSPS) is 17.2. The summed E-state index contributed by atoms with van der Waals surface area (Å²) in [5.41, 5.74) is 2.81. The van der Waals surface area contributed by atoms with Crippen LogP contribution in [0.2, 0.25) is 0 Å². The minimum Gasteiger partial charge on any atom is -0.306 e. The summed E-state index contributed by atoms with van der Waals surface area (Å²) in [4.78, 5) is 0. The molecule has 0 heterocycles. The molecule has 0 saturated heterocycles. The number of hydrogen-bond donors (Lipinski definition) is 1. The van der Waals surface area contributed by atoms with E-state index in [-0.39, 0.29) is 11.9 Å². The molecule has 104 valence electrons. The first-order valence-electron chi connectivity index (χ1n) is 6.59. The highest BCUT2D eigenvalue weighted by Crippen LogP contribution is 2.31. The van der Waals surface area contributed by atoms with Crippen molar-refractivity contribution in [2.75, 3.05) is 0 Å². The van der Waals surface area contributed by atoms with Gasteiger partial charge in [0.25, 0.3) is 0 Å². The molecule has 0 fully saturated rings. The fourth-order valence-electron chi connectivity index (χ4n) is 2.69. The molecule has 20 heavy (non-hydrogen) atoms. The molecule has 1 aliphatic carbocycles. The molecule has 0 aromatic heterocycles. The van der Waals surface area contributed by atoms with Gasteiger partial charge in [0.1, 0.15) is 5.82 Å². The zero-order valence-electron chi connectivity index (χ0n) is 10.8. The van der Waals surface area contributed by atoms with Gasteiger partial charge in [0, 0.05) is 12.6 Å². The lowest BCUT2D eigenvalue weighted by atomic mass is 10.1. The topological polar surface area (TPSA) is 12.0 Å². The molecule has 2 aromatic rings. The Balaban J connectivity index is 1.70. The van der Waals surface area contributed by atoms with Crippen molar-refractivity contribution < 1.29 is 13.2 Å². The average molecular weight is 277 g/mol. The minimum absolute atomic E-state index is 0.138. The third kappa shape index (κ3) is 2.56. The second kappa shape index (κ2) is 5.29. The Labute approximate surface area is 115 Å². The second-order valence-electron chi connectivity index (χ2n) is 5.06. The van der Waals surface area contributed by atoms with Crippen LogP contribution in [0.5, 0.6) is 0 Å². The predicted molar refractivity (Wildman–Crippen MR) is 70.7 cm³/mol. The maximum Gasteiger partial charge on any atom is 0.159 e. The Morgan fingerprint density at radius 2 is 1.85 bits per heavy atom. The van der Waals surface area contributed by atoms with Crippen molar-refractivity contribution in [1.29, 1.82) is 0 Å². The number of benzene rings is 2. The van der Waals surface area contributed by atoms with Gasteiger partial charge in [-0.1, -0.05) is 12.1 Å². The van der Waals surface area contributed by atoms with Crippen LogP contribution in [0.1, 0.15) is 29.2 Å². The smallest absolute Gasteiger partial charge is 0.159 e. The number of aryl methyl sites for hydroxylation is 1. The summed E-state index contributed by atoms with van der Waals surface area (Å²) >= 11 is 0. The lowest BCUT2D eigenvalue weighted by molar-refractivity contribution is 0.500. The highest BCUT2D eigenvalue weighted by Gasteiger charge is 2.22. The summed E-state index contributed by atoms with van der Waals surface area (Å²) < 4.78 is 39.1. The summed E-state index contributed by atoms with van der Waals surface area (Å²) in [6.45, 7) is 0.457. The van der Waals surface area contributed by atoms with E-state index in [0.717, 1.165) is 30.0 Å². The van der Waals surface area contributed by atoms with E-state index in [2.05, 4.69) is 5.32 Å². The van der Waals surface area contributed by atoms with Gasteiger partial charge < -0.3 is 5.32 Å². The molecule has 0 spiro atoms. The molecule has 1 unspecified atom stereocenters. The summed E-state index contributed by atoms with van der Waals surface area (Å²) in [5, 5.41) is 3.31. The zero-order valence-corrected chi connectivity index (χ0v) is 10.8. The molecule has 4 heteroatoms. The molecule has 0 amide bonds.